The normalized spacial score (nSPS) is 22.5. The van der Waals surface area contributed by atoms with Gasteiger partial charge in [-0.3, -0.25) is 9.69 Å². The van der Waals surface area contributed by atoms with Gasteiger partial charge in [0.2, 0.25) is 5.96 Å². The molecule has 32 heavy (non-hydrogen) atoms. The molecular weight excluding hydrogens is 433 g/mol. The Labute approximate surface area is 190 Å². The Morgan fingerprint density at radius 2 is 1.84 bits per heavy atom. The van der Waals surface area contributed by atoms with Crippen molar-refractivity contribution in [2.45, 2.75) is 32.6 Å². The third kappa shape index (κ3) is 3.12. The summed E-state index contributed by atoms with van der Waals surface area (Å²) in [5, 5.41) is 0.181. The van der Waals surface area contributed by atoms with Crippen LogP contribution in [0.3, 0.4) is 0 Å². The van der Waals surface area contributed by atoms with E-state index in [0.29, 0.717) is 19.0 Å². The number of carbonyl (C=O) groups excluding carboxylic acids is 2. The Bertz CT molecular complexity index is 1130. The first-order valence-corrected chi connectivity index (χ1v) is 10.9. The van der Waals surface area contributed by atoms with Gasteiger partial charge >= 0.3 is 6.03 Å². The van der Waals surface area contributed by atoms with Crippen LogP contribution < -0.4 is 4.90 Å². The number of likely N-dealkylation sites (N-methyl/N-ethyl adjacent to an activating group) is 1. The van der Waals surface area contributed by atoms with Crippen molar-refractivity contribution in [2.24, 2.45) is 4.99 Å². The van der Waals surface area contributed by atoms with Crippen LogP contribution in [0.2, 0.25) is 5.02 Å². The van der Waals surface area contributed by atoms with Crippen molar-refractivity contribution >= 4 is 35.2 Å². The van der Waals surface area contributed by atoms with Gasteiger partial charge in [0.15, 0.2) is 12.2 Å². The second kappa shape index (κ2) is 7.48. The Morgan fingerprint density at radius 1 is 1.12 bits per heavy atom. The molecule has 0 radical (unpaired) electrons. The number of anilines is 1. The predicted octanol–water partition coefficient (Wildman–Crippen LogP) is 3.38. The van der Waals surface area contributed by atoms with Crippen molar-refractivity contribution in [1.82, 2.24) is 14.7 Å². The zero-order valence-corrected chi connectivity index (χ0v) is 18.8. The number of aliphatic imine (C=N–C) groups is 1. The van der Waals surface area contributed by atoms with Crippen LogP contribution in [0.1, 0.15) is 16.7 Å². The van der Waals surface area contributed by atoms with Gasteiger partial charge in [0.05, 0.1) is 6.54 Å². The first kappa shape index (κ1) is 20.8. The lowest BCUT2D eigenvalue weighted by molar-refractivity contribution is -0.137. The van der Waals surface area contributed by atoms with Crippen molar-refractivity contribution in [1.29, 1.82) is 0 Å². The van der Waals surface area contributed by atoms with E-state index in [1.54, 1.807) is 13.1 Å². The van der Waals surface area contributed by atoms with Crippen LogP contribution in [-0.4, -0.2) is 64.9 Å². The minimum Gasteiger partial charge on any atom is -0.325 e. The van der Waals surface area contributed by atoms with Crippen molar-refractivity contribution < 1.29 is 14.0 Å². The number of benzene rings is 2. The molecule has 0 N–H and O–H groups in total. The number of nitrogens with zero attached hydrogens (tertiary/aromatic N) is 5. The van der Waals surface area contributed by atoms with E-state index in [1.165, 1.54) is 17.0 Å². The van der Waals surface area contributed by atoms with Crippen LogP contribution in [0, 0.1) is 19.7 Å². The third-order valence-corrected chi connectivity index (χ3v) is 6.63. The zero-order valence-electron chi connectivity index (χ0n) is 18.0. The van der Waals surface area contributed by atoms with Gasteiger partial charge in [-0.2, -0.15) is 0 Å². The first-order valence-electron chi connectivity index (χ1n) is 10.5. The molecule has 2 saturated heterocycles. The molecular formula is C23H23ClFN5O2. The number of carbonyl (C=O) groups is 2. The van der Waals surface area contributed by atoms with Gasteiger partial charge in [0, 0.05) is 36.4 Å². The van der Waals surface area contributed by atoms with E-state index >= 15 is 0 Å². The van der Waals surface area contributed by atoms with Gasteiger partial charge in [-0.15, -0.1) is 0 Å². The Hall–Kier alpha value is -3.13. The molecule has 2 aromatic carbocycles. The van der Waals surface area contributed by atoms with E-state index in [1.807, 2.05) is 18.7 Å². The van der Waals surface area contributed by atoms with Gasteiger partial charge in [-0.25, -0.2) is 14.2 Å². The SMILES string of the molecule is Cc1cc(C)cc(N2CCN3C2=NC2C3C(=O)N(Cc3c(F)cccc3Cl)C(=O)N2C)c1. The van der Waals surface area contributed by atoms with Crippen molar-refractivity contribution in [2.75, 3.05) is 25.0 Å². The molecule has 2 atom stereocenters. The van der Waals surface area contributed by atoms with Gasteiger partial charge in [0.1, 0.15) is 5.82 Å². The highest BCUT2D eigenvalue weighted by Crippen LogP contribution is 2.35. The molecule has 2 unspecified atom stereocenters. The highest BCUT2D eigenvalue weighted by Gasteiger charge is 2.54. The largest absolute Gasteiger partial charge is 0.328 e. The van der Waals surface area contributed by atoms with E-state index in [9.17, 15) is 14.0 Å². The summed E-state index contributed by atoms with van der Waals surface area (Å²) in [4.78, 5) is 37.8. The van der Waals surface area contributed by atoms with Crippen molar-refractivity contribution in [3.8, 4) is 0 Å². The summed E-state index contributed by atoms with van der Waals surface area (Å²) in [7, 11) is 1.62. The van der Waals surface area contributed by atoms with Gasteiger partial charge in [-0.1, -0.05) is 23.7 Å². The quantitative estimate of drug-likeness (QED) is 0.712. The fourth-order valence-corrected chi connectivity index (χ4v) is 5.00. The predicted molar refractivity (Wildman–Crippen MR) is 120 cm³/mol. The minimum atomic E-state index is -0.644. The molecule has 0 spiro atoms. The van der Waals surface area contributed by atoms with Crippen molar-refractivity contribution in [3.05, 3.63) is 63.9 Å². The highest BCUT2D eigenvalue weighted by atomic mass is 35.5. The topological polar surface area (TPSA) is 59.5 Å². The van der Waals surface area contributed by atoms with E-state index in [-0.39, 0.29) is 17.1 Å². The number of hydrogen-bond acceptors (Lipinski definition) is 5. The van der Waals surface area contributed by atoms with E-state index in [0.717, 1.165) is 21.7 Å². The average Bonchev–Trinajstić information content (AvgIpc) is 3.30. The number of aryl methyl sites for hydroxylation is 2. The Kier molecular flexibility index (Phi) is 4.85. The van der Waals surface area contributed by atoms with E-state index in [4.69, 9.17) is 16.6 Å². The lowest BCUT2D eigenvalue weighted by atomic mass is 10.1. The standard InChI is InChI=1S/C23H23ClFN5O2/c1-13-9-14(2)11-15(10-13)28-7-8-29-19-20(26-22(28)29)27(3)23(32)30(21(19)31)12-16-17(24)5-4-6-18(16)25/h4-6,9-11,19-20H,7-8,12H2,1-3H3. The molecule has 3 aliphatic heterocycles. The second-order valence-corrected chi connectivity index (χ2v) is 8.90. The molecule has 0 aliphatic carbocycles. The second-order valence-electron chi connectivity index (χ2n) is 8.50. The molecule has 2 aromatic rings. The first-order chi connectivity index (χ1) is 15.3. The molecule has 2 fully saturated rings. The van der Waals surface area contributed by atoms with Crippen LogP contribution in [0.4, 0.5) is 14.9 Å². The molecule has 3 amide bonds. The molecule has 0 saturated carbocycles. The Morgan fingerprint density at radius 3 is 2.53 bits per heavy atom. The summed E-state index contributed by atoms with van der Waals surface area (Å²) in [6.45, 7) is 5.16. The summed E-state index contributed by atoms with van der Waals surface area (Å²) in [5.74, 6) is -0.254. The minimum absolute atomic E-state index is 0.125. The monoisotopic (exact) mass is 455 g/mol. The van der Waals surface area contributed by atoms with Gasteiger partial charge in [0.25, 0.3) is 5.91 Å². The Balaban J connectivity index is 1.46. The highest BCUT2D eigenvalue weighted by molar-refractivity contribution is 6.31. The molecule has 5 rings (SSSR count). The maximum atomic E-state index is 14.4. The van der Waals surface area contributed by atoms with Crippen LogP contribution in [0.25, 0.3) is 0 Å². The lowest BCUT2D eigenvalue weighted by Crippen LogP contribution is -2.64. The number of hydrogen-bond donors (Lipinski definition) is 0. The molecule has 0 aromatic heterocycles. The number of fused-ring (bicyclic) bond motifs is 3. The maximum absolute atomic E-state index is 14.4. The molecule has 166 valence electrons. The summed E-state index contributed by atoms with van der Waals surface area (Å²) < 4.78 is 14.4. The third-order valence-electron chi connectivity index (χ3n) is 6.27. The smallest absolute Gasteiger partial charge is 0.325 e. The number of amides is 3. The van der Waals surface area contributed by atoms with E-state index in [2.05, 4.69) is 23.1 Å². The fraction of sp³-hybridized carbons (Fsp3) is 0.348. The van der Waals surface area contributed by atoms with Crippen molar-refractivity contribution in [3.63, 3.8) is 0 Å². The number of urea groups is 1. The van der Waals surface area contributed by atoms with Gasteiger partial charge < -0.3 is 14.7 Å². The van der Waals surface area contributed by atoms with Crippen LogP contribution >= 0.6 is 11.6 Å². The molecule has 9 heteroatoms. The summed E-state index contributed by atoms with van der Waals surface area (Å²) in [5.41, 5.74) is 3.43. The van der Waals surface area contributed by atoms with Crippen LogP contribution in [-0.2, 0) is 11.3 Å². The van der Waals surface area contributed by atoms with Crippen LogP contribution in [0.15, 0.2) is 41.4 Å². The van der Waals surface area contributed by atoms with E-state index < -0.39 is 30.0 Å². The van der Waals surface area contributed by atoms with Gasteiger partial charge in [-0.05, 0) is 49.2 Å². The summed E-state index contributed by atoms with van der Waals surface area (Å²) in [6.07, 6.45) is -0.619. The summed E-state index contributed by atoms with van der Waals surface area (Å²) in [6, 6.07) is 9.43. The number of halogens is 2. The fourth-order valence-electron chi connectivity index (χ4n) is 4.77. The number of imide groups is 1. The van der Waals surface area contributed by atoms with Crippen LogP contribution in [0.5, 0.6) is 0 Å². The lowest BCUT2D eigenvalue weighted by Gasteiger charge is -2.40. The zero-order chi connectivity index (χ0) is 22.7. The number of rotatable bonds is 3. The molecule has 0 bridgehead atoms. The molecule has 7 nitrogen and oxygen atoms in total. The number of guanidine groups is 1. The summed E-state index contributed by atoms with van der Waals surface area (Å²) >= 11 is 6.15. The molecule has 3 aliphatic rings. The average molecular weight is 456 g/mol. The maximum Gasteiger partial charge on any atom is 0.328 e. The molecule has 3 heterocycles.